The Bertz CT molecular complexity index is 1360. The number of benzene rings is 3. The average molecular weight is 571 g/mol. The predicted octanol–water partition coefficient (Wildman–Crippen LogP) is 2.66. The lowest BCUT2D eigenvalue weighted by molar-refractivity contribution is -0.141. The minimum atomic E-state index is -1.27. The van der Waals surface area contributed by atoms with Gasteiger partial charge in [0.1, 0.15) is 6.10 Å². The summed E-state index contributed by atoms with van der Waals surface area (Å²) in [5.41, 5.74) is 1.55. The van der Waals surface area contributed by atoms with Gasteiger partial charge in [0.15, 0.2) is 40.6 Å². The minimum Gasteiger partial charge on any atom is -0.504 e. The lowest BCUT2D eigenvalue weighted by atomic mass is 9.83. The molecule has 0 spiro atoms. The van der Waals surface area contributed by atoms with Crippen molar-refractivity contribution >= 4 is 5.97 Å². The van der Waals surface area contributed by atoms with E-state index in [2.05, 4.69) is 0 Å². The molecule has 3 aromatic carbocycles. The van der Waals surface area contributed by atoms with Gasteiger partial charge in [0, 0.05) is 5.92 Å². The summed E-state index contributed by atoms with van der Waals surface area (Å²) in [5, 5.41) is 51.8. The largest absolute Gasteiger partial charge is 0.504 e. The Labute approximate surface area is 237 Å². The van der Waals surface area contributed by atoms with Gasteiger partial charge in [-0.15, -0.1) is 0 Å². The number of cyclic esters (lactones) is 1. The van der Waals surface area contributed by atoms with Crippen molar-refractivity contribution in [3.05, 3.63) is 71.3 Å². The summed E-state index contributed by atoms with van der Waals surface area (Å²) in [5.74, 6) is -0.866. The first kappa shape index (κ1) is 29.8. The quantitative estimate of drug-likeness (QED) is 0.203. The topological polar surface area (TPSA) is 164 Å². The molecular formula is C30H34O11. The highest BCUT2D eigenvalue weighted by Crippen LogP contribution is 2.40. The van der Waals surface area contributed by atoms with Crippen molar-refractivity contribution in [3.8, 4) is 34.5 Å². The van der Waals surface area contributed by atoms with Crippen molar-refractivity contribution in [1.82, 2.24) is 0 Å². The summed E-state index contributed by atoms with van der Waals surface area (Å²) in [6.45, 7) is -0.515. The number of methoxy groups -OCH3 is 3. The normalized spacial score (nSPS) is 18.7. The van der Waals surface area contributed by atoms with Crippen LogP contribution in [0.4, 0.5) is 0 Å². The molecule has 1 saturated heterocycles. The maximum atomic E-state index is 12.6. The van der Waals surface area contributed by atoms with E-state index >= 15 is 0 Å². The number of hydrogen-bond acceptors (Lipinski definition) is 11. The van der Waals surface area contributed by atoms with E-state index in [1.165, 1.54) is 45.6 Å². The van der Waals surface area contributed by atoms with Gasteiger partial charge in [0.2, 0.25) is 0 Å². The van der Waals surface area contributed by atoms with E-state index in [-0.39, 0.29) is 47.5 Å². The fourth-order valence-electron chi connectivity index (χ4n) is 4.90. The maximum absolute atomic E-state index is 12.6. The van der Waals surface area contributed by atoms with E-state index < -0.39 is 42.7 Å². The SMILES string of the molecule is COc1cc(C[C@H]2C(=O)OC[C@@H]2[C@@H](O)c2ccc(O[C@@H](CO)[C@H](O)c3ccc(O)c(OC)c3)c(OC)c2)ccc1O. The van der Waals surface area contributed by atoms with Crippen LogP contribution in [0.25, 0.3) is 0 Å². The molecule has 41 heavy (non-hydrogen) atoms. The van der Waals surface area contributed by atoms with Crippen molar-refractivity contribution in [1.29, 1.82) is 0 Å². The molecule has 1 heterocycles. The standard InChI is InChI=1S/C30H34O11/c1-37-24-11-16(4-7-21(24)32)10-19-20(15-40-30(19)36)28(34)17-6-9-23(26(13-17)39-3)41-27(14-31)29(35)18-5-8-22(33)25(12-18)38-2/h4-9,11-13,19-20,27-29,31-35H,10,14-15H2,1-3H3/t19-,20+,27+,28+,29-/m1/s1. The van der Waals surface area contributed by atoms with Crippen molar-refractivity contribution < 1.29 is 54.0 Å². The lowest BCUT2D eigenvalue weighted by Crippen LogP contribution is -2.29. The van der Waals surface area contributed by atoms with Crippen LogP contribution in [0.3, 0.4) is 0 Å². The van der Waals surface area contributed by atoms with Gasteiger partial charge in [-0.2, -0.15) is 0 Å². The molecule has 0 unspecified atom stereocenters. The van der Waals surface area contributed by atoms with Gasteiger partial charge in [-0.25, -0.2) is 0 Å². The van der Waals surface area contributed by atoms with Crippen LogP contribution in [0.15, 0.2) is 54.6 Å². The second kappa shape index (κ2) is 13.0. The molecule has 0 aliphatic carbocycles. The first-order valence-corrected chi connectivity index (χ1v) is 12.9. The zero-order chi connectivity index (χ0) is 29.7. The van der Waals surface area contributed by atoms with Gasteiger partial charge in [-0.3, -0.25) is 4.79 Å². The van der Waals surface area contributed by atoms with Gasteiger partial charge >= 0.3 is 5.97 Å². The Morgan fingerprint density at radius 3 is 2.10 bits per heavy atom. The zero-order valence-electron chi connectivity index (χ0n) is 22.9. The summed E-state index contributed by atoms with van der Waals surface area (Å²) < 4.78 is 26.9. The van der Waals surface area contributed by atoms with E-state index in [1.54, 1.807) is 30.3 Å². The van der Waals surface area contributed by atoms with Gasteiger partial charge in [0.25, 0.3) is 0 Å². The smallest absolute Gasteiger partial charge is 0.309 e. The summed E-state index contributed by atoms with van der Waals surface area (Å²) in [6.07, 6.45) is -3.18. The molecule has 1 aliphatic rings. The molecule has 1 fully saturated rings. The summed E-state index contributed by atoms with van der Waals surface area (Å²) in [4.78, 5) is 12.6. The predicted molar refractivity (Wildman–Crippen MR) is 145 cm³/mol. The number of phenolic OH excluding ortho intramolecular Hbond substituents is 2. The number of rotatable bonds is 12. The molecule has 11 nitrogen and oxygen atoms in total. The van der Waals surface area contributed by atoms with E-state index in [9.17, 15) is 30.3 Å². The molecule has 0 radical (unpaired) electrons. The van der Waals surface area contributed by atoms with E-state index in [0.29, 0.717) is 11.1 Å². The maximum Gasteiger partial charge on any atom is 0.309 e. The molecule has 5 N–H and O–H groups in total. The fourth-order valence-corrected chi connectivity index (χ4v) is 4.90. The average Bonchev–Trinajstić information content (AvgIpc) is 3.35. The van der Waals surface area contributed by atoms with E-state index in [0.717, 1.165) is 5.56 Å². The highest BCUT2D eigenvalue weighted by Gasteiger charge is 2.42. The van der Waals surface area contributed by atoms with E-state index in [1.807, 2.05) is 0 Å². The Kier molecular flexibility index (Phi) is 9.43. The van der Waals surface area contributed by atoms with Gasteiger partial charge in [-0.1, -0.05) is 18.2 Å². The van der Waals surface area contributed by atoms with Crippen molar-refractivity contribution in [2.45, 2.75) is 24.7 Å². The molecule has 3 aromatic rings. The van der Waals surface area contributed by atoms with Crippen LogP contribution in [0.5, 0.6) is 34.5 Å². The number of carbonyl (C=O) groups is 1. The molecular weight excluding hydrogens is 536 g/mol. The number of aliphatic hydroxyl groups is 3. The highest BCUT2D eigenvalue weighted by molar-refractivity contribution is 5.75. The first-order chi connectivity index (χ1) is 19.7. The number of ether oxygens (including phenoxy) is 5. The van der Waals surface area contributed by atoms with Crippen molar-refractivity contribution in [2.75, 3.05) is 34.5 Å². The molecule has 0 amide bonds. The van der Waals surface area contributed by atoms with Gasteiger partial charge in [0.05, 0.1) is 46.6 Å². The third-order valence-electron chi connectivity index (χ3n) is 7.23. The second-order valence-corrected chi connectivity index (χ2v) is 9.68. The van der Waals surface area contributed by atoms with E-state index in [4.69, 9.17) is 23.7 Å². The number of phenols is 2. The second-order valence-electron chi connectivity index (χ2n) is 9.68. The van der Waals surface area contributed by atoms with Crippen LogP contribution < -0.4 is 18.9 Å². The molecule has 0 saturated carbocycles. The van der Waals surface area contributed by atoms with Gasteiger partial charge < -0.3 is 49.2 Å². The number of hydrogen-bond donors (Lipinski definition) is 5. The summed E-state index contributed by atoms with van der Waals surface area (Å²) in [6, 6.07) is 13.8. The van der Waals surface area contributed by atoms with Crippen LogP contribution in [0.2, 0.25) is 0 Å². The fraction of sp³-hybridized carbons (Fsp3) is 0.367. The Morgan fingerprint density at radius 1 is 0.829 bits per heavy atom. The Hall–Kier alpha value is -4.19. The van der Waals surface area contributed by atoms with Crippen LogP contribution in [-0.2, 0) is 16.0 Å². The lowest BCUT2D eigenvalue weighted by Gasteiger charge is -2.25. The van der Waals surface area contributed by atoms with Crippen LogP contribution in [-0.4, -0.2) is 72.1 Å². The summed E-state index contributed by atoms with van der Waals surface area (Å²) in [7, 11) is 4.23. The zero-order valence-corrected chi connectivity index (χ0v) is 22.9. The molecule has 5 atom stereocenters. The third kappa shape index (κ3) is 6.43. The number of aliphatic hydroxyl groups excluding tert-OH is 3. The molecule has 4 rings (SSSR count). The minimum absolute atomic E-state index is 0.0185. The van der Waals surface area contributed by atoms with Crippen molar-refractivity contribution in [2.24, 2.45) is 11.8 Å². The molecule has 11 heteroatoms. The molecule has 1 aliphatic heterocycles. The van der Waals surface area contributed by atoms with Crippen LogP contribution >= 0.6 is 0 Å². The first-order valence-electron chi connectivity index (χ1n) is 12.9. The summed E-state index contributed by atoms with van der Waals surface area (Å²) >= 11 is 0. The number of carbonyl (C=O) groups excluding carboxylic acids is 1. The number of aromatic hydroxyl groups is 2. The molecule has 0 bridgehead atoms. The third-order valence-corrected chi connectivity index (χ3v) is 7.23. The highest BCUT2D eigenvalue weighted by atomic mass is 16.5. The monoisotopic (exact) mass is 570 g/mol. The van der Waals surface area contributed by atoms with Gasteiger partial charge in [-0.05, 0) is 59.5 Å². The Balaban J connectivity index is 1.52. The van der Waals surface area contributed by atoms with Crippen molar-refractivity contribution in [3.63, 3.8) is 0 Å². The Morgan fingerprint density at radius 2 is 1.44 bits per heavy atom. The molecule has 220 valence electrons. The van der Waals surface area contributed by atoms with Crippen LogP contribution in [0, 0.1) is 11.8 Å². The number of esters is 1. The van der Waals surface area contributed by atoms with Crippen LogP contribution in [0.1, 0.15) is 28.9 Å². The molecule has 0 aromatic heterocycles.